The lowest BCUT2D eigenvalue weighted by atomic mass is 10.1. The van der Waals surface area contributed by atoms with E-state index in [-0.39, 0.29) is 6.04 Å². The maximum atomic E-state index is 6.04. The second kappa shape index (κ2) is 4.47. The highest BCUT2D eigenvalue weighted by atomic mass is 79.9. The third-order valence-electron chi connectivity index (χ3n) is 2.65. The third kappa shape index (κ3) is 1.95. The zero-order chi connectivity index (χ0) is 11.7. The number of hydrogen-bond donors (Lipinski definition) is 2. The van der Waals surface area contributed by atoms with Gasteiger partial charge in [-0.2, -0.15) is 0 Å². The van der Waals surface area contributed by atoms with Gasteiger partial charge in [-0.25, -0.2) is 0 Å². The lowest BCUT2D eigenvalue weighted by molar-refractivity contribution is 0.477. The summed E-state index contributed by atoms with van der Waals surface area (Å²) in [4.78, 5) is 0. The van der Waals surface area contributed by atoms with Crippen LogP contribution in [0.2, 0.25) is 0 Å². The highest BCUT2D eigenvalue weighted by Gasteiger charge is 2.17. The second-order valence-electron chi connectivity index (χ2n) is 3.92. The number of anilines is 1. The summed E-state index contributed by atoms with van der Waals surface area (Å²) < 4.78 is 6.69. The van der Waals surface area contributed by atoms with Crippen LogP contribution in [0.3, 0.4) is 0 Å². The Morgan fingerprint density at radius 3 is 2.88 bits per heavy atom. The van der Waals surface area contributed by atoms with Crippen LogP contribution in [0.25, 0.3) is 11.0 Å². The lowest BCUT2D eigenvalue weighted by Gasteiger charge is -2.07. The summed E-state index contributed by atoms with van der Waals surface area (Å²) in [5.41, 5.74) is 13.5. The highest BCUT2D eigenvalue weighted by molar-refractivity contribution is 9.10. The Labute approximate surface area is 103 Å². The first kappa shape index (κ1) is 11.5. The molecule has 2 aromatic rings. The fraction of sp³-hybridized carbons (Fsp3) is 0.333. The molecule has 86 valence electrons. The smallest absolute Gasteiger partial charge is 0.144 e. The van der Waals surface area contributed by atoms with Crippen molar-refractivity contribution in [2.75, 3.05) is 5.73 Å². The van der Waals surface area contributed by atoms with Crippen LogP contribution in [0, 0.1) is 0 Å². The molecule has 2 rings (SSSR count). The van der Waals surface area contributed by atoms with Crippen molar-refractivity contribution in [1.82, 2.24) is 0 Å². The molecule has 1 unspecified atom stereocenters. The number of furan rings is 1. The summed E-state index contributed by atoms with van der Waals surface area (Å²) in [6, 6.07) is 5.67. The van der Waals surface area contributed by atoms with E-state index in [2.05, 4.69) is 22.9 Å². The third-order valence-corrected chi connectivity index (χ3v) is 3.15. The van der Waals surface area contributed by atoms with E-state index < -0.39 is 0 Å². The Kier molecular flexibility index (Phi) is 3.21. The van der Waals surface area contributed by atoms with E-state index in [1.807, 2.05) is 18.2 Å². The number of halogens is 1. The van der Waals surface area contributed by atoms with Gasteiger partial charge in [0.1, 0.15) is 11.3 Å². The van der Waals surface area contributed by atoms with Crippen molar-refractivity contribution in [2.45, 2.75) is 25.8 Å². The number of rotatable bonds is 3. The van der Waals surface area contributed by atoms with Crippen molar-refractivity contribution in [3.05, 3.63) is 28.4 Å². The summed E-state index contributed by atoms with van der Waals surface area (Å²) in [5.74, 6) is 0.704. The fourth-order valence-corrected chi connectivity index (χ4v) is 2.19. The molecule has 0 saturated carbocycles. The van der Waals surface area contributed by atoms with E-state index in [9.17, 15) is 0 Å². The van der Waals surface area contributed by atoms with Gasteiger partial charge in [0.25, 0.3) is 0 Å². The van der Waals surface area contributed by atoms with Gasteiger partial charge >= 0.3 is 0 Å². The molecule has 1 aromatic carbocycles. The Hall–Kier alpha value is -1.00. The molecule has 1 heterocycles. The number of fused-ring (bicyclic) bond motifs is 1. The van der Waals surface area contributed by atoms with Crippen molar-refractivity contribution >= 4 is 32.6 Å². The quantitative estimate of drug-likeness (QED) is 0.904. The number of hydrogen-bond acceptors (Lipinski definition) is 3. The molecular formula is C12H15BrN2O. The molecule has 0 aliphatic rings. The Morgan fingerprint density at radius 2 is 2.19 bits per heavy atom. The molecule has 0 fully saturated rings. The van der Waals surface area contributed by atoms with Crippen molar-refractivity contribution < 1.29 is 4.42 Å². The van der Waals surface area contributed by atoms with Crippen LogP contribution in [0.15, 0.2) is 27.1 Å². The van der Waals surface area contributed by atoms with Crippen LogP contribution in [0.4, 0.5) is 5.69 Å². The summed E-state index contributed by atoms with van der Waals surface area (Å²) in [6.45, 7) is 2.09. The van der Waals surface area contributed by atoms with E-state index in [1.165, 1.54) is 0 Å². The largest absolute Gasteiger partial charge is 0.457 e. The molecule has 3 nitrogen and oxygen atoms in total. The van der Waals surface area contributed by atoms with Gasteiger partial charge in [0.2, 0.25) is 0 Å². The summed E-state index contributed by atoms with van der Waals surface area (Å²) >= 11 is 3.42. The van der Waals surface area contributed by atoms with Crippen molar-refractivity contribution in [3.8, 4) is 0 Å². The van der Waals surface area contributed by atoms with Gasteiger partial charge in [-0.3, -0.25) is 0 Å². The van der Waals surface area contributed by atoms with Crippen LogP contribution in [0.5, 0.6) is 0 Å². The first-order chi connectivity index (χ1) is 7.63. The second-order valence-corrected chi connectivity index (χ2v) is 4.83. The van der Waals surface area contributed by atoms with E-state index in [0.717, 1.165) is 28.3 Å². The average molecular weight is 283 g/mol. The maximum absolute atomic E-state index is 6.04. The first-order valence-corrected chi connectivity index (χ1v) is 6.15. The number of nitrogen functional groups attached to an aromatic ring is 1. The number of benzene rings is 1. The summed E-state index contributed by atoms with van der Waals surface area (Å²) in [7, 11) is 0. The van der Waals surface area contributed by atoms with E-state index >= 15 is 0 Å². The van der Waals surface area contributed by atoms with E-state index in [0.29, 0.717) is 11.4 Å². The standard InChI is InChI=1S/C12H15BrN2O/c1-2-3-9(14)12-11(15)8-6-7(13)4-5-10(8)16-12/h4-6,9H,2-3,14-15H2,1H3. The van der Waals surface area contributed by atoms with Crippen LogP contribution < -0.4 is 11.5 Å². The summed E-state index contributed by atoms with van der Waals surface area (Å²) in [6.07, 6.45) is 1.90. The van der Waals surface area contributed by atoms with Gasteiger partial charge in [0.05, 0.1) is 11.7 Å². The van der Waals surface area contributed by atoms with Crippen LogP contribution in [-0.2, 0) is 0 Å². The fourth-order valence-electron chi connectivity index (χ4n) is 1.83. The van der Waals surface area contributed by atoms with Gasteiger partial charge in [-0.15, -0.1) is 0 Å². The molecule has 1 atom stereocenters. The van der Waals surface area contributed by atoms with Crippen LogP contribution >= 0.6 is 15.9 Å². The molecule has 0 aliphatic heterocycles. The van der Waals surface area contributed by atoms with Gasteiger partial charge < -0.3 is 15.9 Å². The molecule has 4 N–H and O–H groups in total. The van der Waals surface area contributed by atoms with Crippen molar-refractivity contribution in [2.24, 2.45) is 5.73 Å². The molecule has 16 heavy (non-hydrogen) atoms. The minimum atomic E-state index is -0.115. The molecule has 0 saturated heterocycles. The monoisotopic (exact) mass is 282 g/mol. The molecule has 0 aliphatic carbocycles. The molecular weight excluding hydrogens is 268 g/mol. The summed E-state index contributed by atoms with van der Waals surface area (Å²) in [5, 5.41) is 0.927. The van der Waals surface area contributed by atoms with Gasteiger partial charge in [-0.1, -0.05) is 29.3 Å². The first-order valence-electron chi connectivity index (χ1n) is 5.36. The maximum Gasteiger partial charge on any atom is 0.144 e. The van der Waals surface area contributed by atoms with Crippen LogP contribution in [-0.4, -0.2) is 0 Å². The Bertz CT molecular complexity index is 507. The predicted octanol–water partition coefficient (Wildman–Crippen LogP) is 3.58. The molecule has 1 aromatic heterocycles. The zero-order valence-corrected chi connectivity index (χ0v) is 10.8. The number of nitrogens with two attached hydrogens (primary N) is 2. The topological polar surface area (TPSA) is 65.2 Å². The average Bonchev–Trinajstić information content (AvgIpc) is 2.57. The molecule has 0 bridgehead atoms. The van der Waals surface area contributed by atoms with Gasteiger partial charge in [0.15, 0.2) is 0 Å². The predicted molar refractivity (Wildman–Crippen MR) is 70.2 cm³/mol. The zero-order valence-electron chi connectivity index (χ0n) is 9.16. The lowest BCUT2D eigenvalue weighted by Crippen LogP contribution is -2.10. The molecule has 4 heteroatoms. The van der Waals surface area contributed by atoms with Gasteiger partial charge in [-0.05, 0) is 24.6 Å². The Balaban J connectivity index is 2.51. The minimum absolute atomic E-state index is 0.115. The normalized spacial score (nSPS) is 13.2. The van der Waals surface area contributed by atoms with E-state index in [1.54, 1.807) is 0 Å². The van der Waals surface area contributed by atoms with Crippen molar-refractivity contribution in [1.29, 1.82) is 0 Å². The van der Waals surface area contributed by atoms with Crippen LogP contribution in [0.1, 0.15) is 31.6 Å². The molecule has 0 spiro atoms. The Morgan fingerprint density at radius 1 is 1.44 bits per heavy atom. The van der Waals surface area contributed by atoms with Crippen molar-refractivity contribution in [3.63, 3.8) is 0 Å². The highest BCUT2D eigenvalue weighted by Crippen LogP contribution is 2.34. The molecule has 0 amide bonds. The van der Waals surface area contributed by atoms with Gasteiger partial charge in [0, 0.05) is 9.86 Å². The molecule has 0 radical (unpaired) electrons. The SMILES string of the molecule is CCCC(N)c1oc2ccc(Br)cc2c1N. The minimum Gasteiger partial charge on any atom is -0.457 e. The van der Waals surface area contributed by atoms with E-state index in [4.69, 9.17) is 15.9 Å².